The van der Waals surface area contributed by atoms with Crippen LogP contribution in [0.15, 0.2) is 62.9 Å². The number of benzene rings is 2. The third-order valence-electron chi connectivity index (χ3n) is 5.68. The molecule has 8 nitrogen and oxygen atoms in total. The summed E-state index contributed by atoms with van der Waals surface area (Å²) in [7, 11) is -2.54. The monoisotopic (exact) mass is 487 g/mol. The predicted molar refractivity (Wildman–Crippen MR) is 124 cm³/mol. The molecule has 0 radical (unpaired) electrons. The lowest BCUT2D eigenvalue weighted by Crippen LogP contribution is -2.48. The molecule has 1 aromatic heterocycles. The van der Waals surface area contributed by atoms with E-state index in [0.717, 1.165) is 18.6 Å². The van der Waals surface area contributed by atoms with Crippen molar-refractivity contribution in [3.63, 3.8) is 0 Å². The van der Waals surface area contributed by atoms with Crippen molar-refractivity contribution in [3.05, 3.63) is 54.3 Å². The van der Waals surface area contributed by atoms with E-state index in [4.69, 9.17) is 9.15 Å². The summed E-state index contributed by atoms with van der Waals surface area (Å²) in [5, 5.41) is -0.238. The summed E-state index contributed by atoms with van der Waals surface area (Å²) >= 11 is 0. The van der Waals surface area contributed by atoms with Crippen LogP contribution in [0, 0.1) is 5.82 Å². The van der Waals surface area contributed by atoms with Gasteiger partial charge in [0.25, 0.3) is 0 Å². The molecule has 1 aliphatic rings. The number of ether oxygens (including phenoxy) is 1. The number of carbonyl (C=O) groups is 1. The van der Waals surface area contributed by atoms with Crippen LogP contribution in [0.4, 0.5) is 10.3 Å². The summed E-state index contributed by atoms with van der Waals surface area (Å²) in [6, 6.07) is 11.5. The van der Waals surface area contributed by atoms with Gasteiger partial charge in [0.05, 0.1) is 12.0 Å². The van der Waals surface area contributed by atoms with Gasteiger partial charge in [-0.2, -0.15) is 4.98 Å². The molecule has 0 bridgehead atoms. The number of nitrogens with zero attached hydrogens (tertiary/aromatic N) is 3. The number of hydrogen-bond acceptors (Lipinski definition) is 7. The predicted octanol–water partition coefficient (Wildman–Crippen LogP) is 3.77. The summed E-state index contributed by atoms with van der Waals surface area (Å²) in [5.74, 6) is 0.437. The molecule has 2 heterocycles. The molecule has 0 unspecified atom stereocenters. The molecule has 180 valence electrons. The molecule has 10 heteroatoms. The Morgan fingerprint density at radius 3 is 2.29 bits per heavy atom. The first kappa shape index (κ1) is 23.7. The van der Waals surface area contributed by atoms with Crippen molar-refractivity contribution in [3.8, 4) is 17.2 Å². The molecule has 3 aromatic rings. The van der Waals surface area contributed by atoms with E-state index in [-0.39, 0.29) is 27.6 Å². The first-order valence-electron chi connectivity index (χ1n) is 11.0. The zero-order valence-corrected chi connectivity index (χ0v) is 19.8. The van der Waals surface area contributed by atoms with Crippen LogP contribution in [-0.2, 0) is 14.6 Å². The van der Waals surface area contributed by atoms with Gasteiger partial charge in [0, 0.05) is 38.2 Å². The Balaban J connectivity index is 1.71. The molecule has 4 rings (SSSR count). The summed E-state index contributed by atoms with van der Waals surface area (Å²) in [6.45, 7) is 3.66. The molecule has 0 atom stereocenters. The zero-order chi connectivity index (χ0) is 24.3. The number of hydrogen-bond donors (Lipinski definition) is 0. The molecule has 1 saturated heterocycles. The fraction of sp³-hybridized carbons (Fsp3) is 0.333. The van der Waals surface area contributed by atoms with Crippen molar-refractivity contribution < 1.29 is 26.8 Å². The van der Waals surface area contributed by atoms with Gasteiger partial charge in [-0.15, -0.1) is 0 Å². The van der Waals surface area contributed by atoms with Crippen molar-refractivity contribution >= 4 is 21.6 Å². The van der Waals surface area contributed by atoms with E-state index in [9.17, 15) is 17.6 Å². The second-order valence-corrected chi connectivity index (χ2v) is 9.80. The van der Waals surface area contributed by atoms with E-state index >= 15 is 0 Å². The van der Waals surface area contributed by atoms with E-state index in [1.807, 2.05) is 6.92 Å². The zero-order valence-electron chi connectivity index (χ0n) is 19.0. The van der Waals surface area contributed by atoms with Crippen LogP contribution in [0.1, 0.15) is 19.8 Å². The number of rotatable bonds is 7. The van der Waals surface area contributed by atoms with E-state index < -0.39 is 15.7 Å². The molecule has 1 aliphatic heterocycles. The highest BCUT2D eigenvalue weighted by Crippen LogP contribution is 2.35. The topological polar surface area (TPSA) is 92.9 Å². The summed E-state index contributed by atoms with van der Waals surface area (Å²) < 4.78 is 51.5. The maximum Gasteiger partial charge on any atom is 0.236 e. The third kappa shape index (κ3) is 4.77. The first-order valence-corrected chi connectivity index (χ1v) is 12.5. The minimum Gasteiger partial charge on any atom is -0.497 e. The molecule has 0 spiro atoms. The van der Waals surface area contributed by atoms with Crippen LogP contribution in [0.3, 0.4) is 0 Å². The van der Waals surface area contributed by atoms with Gasteiger partial charge >= 0.3 is 0 Å². The van der Waals surface area contributed by atoms with Crippen molar-refractivity contribution in [2.24, 2.45) is 0 Å². The van der Waals surface area contributed by atoms with Crippen LogP contribution in [0.25, 0.3) is 11.5 Å². The van der Waals surface area contributed by atoms with Gasteiger partial charge in [-0.05, 0) is 55.0 Å². The highest BCUT2D eigenvalue weighted by Gasteiger charge is 2.33. The Morgan fingerprint density at radius 1 is 1.06 bits per heavy atom. The second-order valence-electron chi connectivity index (χ2n) is 7.93. The fourth-order valence-electron chi connectivity index (χ4n) is 3.79. The number of halogens is 1. The second kappa shape index (κ2) is 9.84. The summed E-state index contributed by atoms with van der Waals surface area (Å²) in [5.41, 5.74) is 0.583. The van der Waals surface area contributed by atoms with E-state index in [1.54, 1.807) is 41.2 Å². The number of amides is 1. The molecular weight excluding hydrogens is 461 g/mol. The molecule has 0 saturated carbocycles. The standard InChI is InChI=1S/C24H26FN3O5S/c1-3-4-21(29)27-13-15-28(16-14-27)24-23(34(30,31)20-11-7-18(25)8-12-20)26-22(33-24)17-5-9-19(32-2)10-6-17/h5-12H,3-4,13-16H2,1-2H3. The van der Waals surface area contributed by atoms with Crippen LogP contribution in [-0.4, -0.2) is 57.5 Å². The van der Waals surface area contributed by atoms with E-state index in [1.165, 1.54) is 12.1 Å². The quantitative estimate of drug-likeness (QED) is 0.469. The van der Waals surface area contributed by atoms with Crippen LogP contribution in [0.5, 0.6) is 5.75 Å². The lowest BCUT2D eigenvalue weighted by Gasteiger charge is -2.34. The summed E-state index contributed by atoms with van der Waals surface area (Å²) in [6.07, 6.45) is 1.25. The van der Waals surface area contributed by atoms with Crippen molar-refractivity contribution in [1.29, 1.82) is 0 Å². The highest BCUT2D eigenvalue weighted by atomic mass is 32.2. The van der Waals surface area contributed by atoms with Crippen molar-refractivity contribution in [1.82, 2.24) is 9.88 Å². The Hall–Kier alpha value is -3.40. The van der Waals surface area contributed by atoms with Gasteiger partial charge < -0.3 is 19.0 Å². The SMILES string of the molecule is CCCC(=O)N1CCN(c2oc(-c3ccc(OC)cc3)nc2S(=O)(=O)c2ccc(F)cc2)CC1. The Bertz CT molecular complexity index is 1250. The van der Waals surface area contributed by atoms with E-state index in [0.29, 0.717) is 43.9 Å². The van der Waals surface area contributed by atoms with Crippen LogP contribution >= 0.6 is 0 Å². The molecule has 0 N–H and O–H groups in total. The Kier molecular flexibility index (Phi) is 6.87. The summed E-state index contributed by atoms with van der Waals surface area (Å²) in [4.78, 5) is 20.1. The van der Waals surface area contributed by atoms with Gasteiger partial charge in [0.1, 0.15) is 11.6 Å². The average molecular weight is 488 g/mol. The minimum atomic E-state index is -4.09. The normalized spacial score (nSPS) is 14.3. The maximum atomic E-state index is 13.5. The van der Waals surface area contributed by atoms with Crippen LogP contribution in [0.2, 0.25) is 0 Å². The Morgan fingerprint density at radius 2 is 1.71 bits per heavy atom. The van der Waals surface area contributed by atoms with Gasteiger partial charge in [0.15, 0.2) is 0 Å². The number of piperazine rings is 1. The number of oxazole rings is 1. The third-order valence-corrected chi connectivity index (χ3v) is 7.35. The van der Waals surface area contributed by atoms with Crippen LogP contribution < -0.4 is 9.64 Å². The maximum absolute atomic E-state index is 13.5. The van der Waals surface area contributed by atoms with E-state index in [2.05, 4.69) is 4.98 Å². The Labute approximate surface area is 197 Å². The first-order chi connectivity index (χ1) is 16.3. The highest BCUT2D eigenvalue weighted by molar-refractivity contribution is 7.91. The van der Waals surface area contributed by atoms with Gasteiger partial charge in [-0.25, -0.2) is 12.8 Å². The molecule has 0 aliphatic carbocycles. The largest absolute Gasteiger partial charge is 0.497 e. The molecule has 1 fully saturated rings. The van der Waals surface area contributed by atoms with Gasteiger partial charge in [0.2, 0.25) is 32.5 Å². The molecule has 1 amide bonds. The minimum absolute atomic E-state index is 0.0813. The van der Waals surface area contributed by atoms with Crippen molar-refractivity contribution in [2.75, 3.05) is 38.2 Å². The smallest absolute Gasteiger partial charge is 0.236 e. The van der Waals surface area contributed by atoms with Gasteiger partial charge in [-0.3, -0.25) is 4.79 Å². The van der Waals surface area contributed by atoms with Gasteiger partial charge in [-0.1, -0.05) is 6.92 Å². The molecular formula is C24H26FN3O5S. The number of carbonyl (C=O) groups excluding carboxylic acids is 1. The van der Waals surface area contributed by atoms with Crippen molar-refractivity contribution in [2.45, 2.75) is 29.7 Å². The number of sulfone groups is 1. The number of anilines is 1. The average Bonchev–Trinajstić information content (AvgIpc) is 3.31. The molecule has 34 heavy (non-hydrogen) atoms. The lowest BCUT2D eigenvalue weighted by atomic mass is 10.2. The fourth-order valence-corrected chi connectivity index (χ4v) is 5.11. The lowest BCUT2D eigenvalue weighted by molar-refractivity contribution is -0.131. The number of aromatic nitrogens is 1. The molecule has 2 aromatic carbocycles. The number of methoxy groups -OCH3 is 1.